The molecule has 3 N–H and O–H groups in total. The molecular weight excluding hydrogens is 366 g/mol. The third kappa shape index (κ3) is 2.97. The summed E-state index contributed by atoms with van der Waals surface area (Å²) in [6, 6.07) is 10.4. The number of fused-ring (bicyclic) bond motifs is 1. The molecule has 25 heavy (non-hydrogen) atoms. The molecule has 0 fully saturated rings. The predicted octanol–water partition coefficient (Wildman–Crippen LogP) is 3.32. The third-order valence-corrected chi connectivity index (χ3v) is 6.66. The largest absolute Gasteiger partial charge is 0.364 e. The van der Waals surface area contributed by atoms with Gasteiger partial charge in [0.05, 0.1) is 17.2 Å². The number of aromatic nitrogens is 1. The lowest BCUT2D eigenvalue weighted by atomic mass is 10.2. The van der Waals surface area contributed by atoms with E-state index in [9.17, 15) is 13.8 Å². The zero-order chi connectivity index (χ0) is 18.2. The van der Waals surface area contributed by atoms with E-state index in [1.165, 1.54) is 18.2 Å². The van der Waals surface area contributed by atoms with Crippen molar-refractivity contribution in [1.82, 2.24) is 4.98 Å². The number of carbonyl (C=O) groups is 1. The maximum Gasteiger partial charge on any atom is 0.267 e. The van der Waals surface area contributed by atoms with Gasteiger partial charge in [-0.1, -0.05) is 23.7 Å². The molecule has 3 aromatic rings. The second-order valence-corrected chi connectivity index (χ2v) is 8.05. The topological polar surface area (TPSA) is 85.2 Å². The first-order valence-corrected chi connectivity index (χ1v) is 9.50. The van der Waals surface area contributed by atoms with Gasteiger partial charge >= 0.3 is 0 Å². The van der Waals surface area contributed by atoms with Crippen molar-refractivity contribution in [3.8, 4) is 0 Å². The Morgan fingerprint density at radius 2 is 2.04 bits per heavy atom. The summed E-state index contributed by atoms with van der Waals surface area (Å²) in [6.45, 7) is 1.69. The Kier molecular flexibility index (Phi) is 4.69. The van der Waals surface area contributed by atoms with Gasteiger partial charge in [-0.05, 0) is 37.3 Å². The average molecular weight is 381 g/mol. The van der Waals surface area contributed by atoms with Crippen molar-refractivity contribution in [3.63, 3.8) is 0 Å². The number of benzene rings is 2. The van der Waals surface area contributed by atoms with E-state index in [-0.39, 0.29) is 22.9 Å². The van der Waals surface area contributed by atoms with Crippen LogP contribution in [-0.4, -0.2) is 17.5 Å². The van der Waals surface area contributed by atoms with Crippen LogP contribution in [0.5, 0.6) is 0 Å². The van der Waals surface area contributed by atoms with Gasteiger partial charge in [-0.25, -0.2) is 4.39 Å². The van der Waals surface area contributed by atoms with Crippen LogP contribution < -0.4 is 16.3 Å². The minimum Gasteiger partial charge on any atom is -0.364 e. The Morgan fingerprint density at radius 1 is 1.32 bits per heavy atom. The number of nitrogens with one attached hydrogen (secondary N) is 1. The molecule has 1 unspecified atom stereocenters. The lowest BCUT2D eigenvalue weighted by Crippen LogP contribution is -2.27. The number of halogens is 2. The Morgan fingerprint density at radius 3 is 2.68 bits per heavy atom. The molecule has 1 amide bonds. The van der Waals surface area contributed by atoms with Crippen LogP contribution in [0.1, 0.15) is 17.4 Å². The molecule has 2 aromatic carbocycles. The summed E-state index contributed by atoms with van der Waals surface area (Å²) in [6.07, 6.45) is 0. The van der Waals surface area contributed by atoms with Crippen LogP contribution in [-0.2, 0) is 9.09 Å². The number of primary amides is 1. The smallest absolute Gasteiger partial charge is 0.267 e. The monoisotopic (exact) mass is 380 g/mol. The van der Waals surface area contributed by atoms with E-state index in [2.05, 4.69) is 4.98 Å². The molecule has 8 heteroatoms. The van der Waals surface area contributed by atoms with Crippen molar-refractivity contribution in [2.24, 2.45) is 5.73 Å². The Balaban J connectivity index is 2.43. The first-order valence-electron chi connectivity index (χ1n) is 7.49. The minimum absolute atomic E-state index is 0.0319. The molecule has 0 aliphatic rings. The van der Waals surface area contributed by atoms with E-state index in [4.69, 9.17) is 21.9 Å². The van der Waals surface area contributed by atoms with E-state index < -0.39 is 19.1 Å². The summed E-state index contributed by atoms with van der Waals surface area (Å²) < 4.78 is 33.7. The average Bonchev–Trinajstić information content (AvgIpc) is 2.94. The fraction of sp³-hybridized carbons (Fsp3) is 0.118. The number of H-pyrrole nitrogens is 1. The van der Waals surface area contributed by atoms with E-state index >= 15 is 0 Å². The highest BCUT2D eigenvalue weighted by Gasteiger charge is 2.37. The lowest BCUT2D eigenvalue weighted by molar-refractivity contribution is 0.0997. The van der Waals surface area contributed by atoms with Crippen molar-refractivity contribution in [2.45, 2.75) is 6.92 Å². The van der Waals surface area contributed by atoms with Gasteiger partial charge < -0.3 is 15.2 Å². The van der Waals surface area contributed by atoms with Crippen LogP contribution in [0.25, 0.3) is 10.9 Å². The summed E-state index contributed by atoms with van der Waals surface area (Å²) in [5.74, 6) is -1.51. The van der Waals surface area contributed by atoms with Crippen LogP contribution in [0.3, 0.4) is 0 Å². The van der Waals surface area contributed by atoms with Gasteiger partial charge in [0.25, 0.3) is 13.3 Å². The van der Waals surface area contributed by atoms with Gasteiger partial charge in [0.2, 0.25) is 0 Å². The van der Waals surface area contributed by atoms with Gasteiger partial charge in [-0.3, -0.25) is 9.36 Å². The van der Waals surface area contributed by atoms with E-state index in [0.29, 0.717) is 15.9 Å². The van der Waals surface area contributed by atoms with Crippen LogP contribution in [0.4, 0.5) is 4.39 Å². The number of carbonyl (C=O) groups excluding carboxylic acids is 1. The highest BCUT2D eigenvalue weighted by Crippen LogP contribution is 2.48. The zero-order valence-corrected chi connectivity index (χ0v) is 14.9. The highest BCUT2D eigenvalue weighted by atomic mass is 35.5. The van der Waals surface area contributed by atoms with Gasteiger partial charge in [0.1, 0.15) is 11.5 Å². The molecule has 1 atom stereocenters. The molecule has 130 valence electrons. The van der Waals surface area contributed by atoms with Crippen LogP contribution in [0.2, 0.25) is 5.02 Å². The number of amides is 1. The molecule has 3 rings (SSSR count). The Bertz CT molecular complexity index is 1020. The number of rotatable bonds is 5. The van der Waals surface area contributed by atoms with E-state index in [1.807, 2.05) is 0 Å². The molecule has 0 bridgehead atoms. The van der Waals surface area contributed by atoms with Crippen LogP contribution in [0.15, 0.2) is 42.5 Å². The van der Waals surface area contributed by atoms with Gasteiger partial charge in [-0.15, -0.1) is 0 Å². The maximum absolute atomic E-state index is 14.4. The summed E-state index contributed by atoms with van der Waals surface area (Å²) >= 11 is 6.05. The van der Waals surface area contributed by atoms with Crippen molar-refractivity contribution in [1.29, 1.82) is 0 Å². The van der Waals surface area contributed by atoms with Crippen molar-refractivity contribution < 1.29 is 18.3 Å². The number of hydrogen-bond acceptors (Lipinski definition) is 3. The molecule has 0 spiro atoms. The van der Waals surface area contributed by atoms with Crippen LogP contribution in [0, 0.1) is 5.82 Å². The van der Waals surface area contributed by atoms with Gasteiger partial charge in [0, 0.05) is 15.9 Å². The molecule has 1 aromatic heterocycles. The lowest BCUT2D eigenvalue weighted by Gasteiger charge is -2.19. The number of aromatic amines is 1. The predicted molar refractivity (Wildman–Crippen MR) is 96.7 cm³/mol. The molecular formula is C17H15ClFN2O3P. The van der Waals surface area contributed by atoms with Crippen molar-refractivity contribution in [2.75, 3.05) is 6.61 Å². The first-order chi connectivity index (χ1) is 11.9. The summed E-state index contributed by atoms with van der Waals surface area (Å²) in [4.78, 5) is 14.8. The molecule has 5 nitrogen and oxygen atoms in total. The van der Waals surface area contributed by atoms with Crippen molar-refractivity contribution in [3.05, 3.63) is 59.0 Å². The second-order valence-electron chi connectivity index (χ2n) is 5.32. The molecule has 0 radical (unpaired) electrons. The highest BCUT2D eigenvalue weighted by molar-refractivity contribution is 7.75. The van der Waals surface area contributed by atoms with Gasteiger partial charge in [0.15, 0.2) is 0 Å². The first kappa shape index (κ1) is 17.7. The molecule has 0 saturated heterocycles. The summed E-state index contributed by atoms with van der Waals surface area (Å²) in [5.41, 5.74) is 5.87. The summed E-state index contributed by atoms with van der Waals surface area (Å²) in [7, 11) is -3.94. The quantitative estimate of drug-likeness (QED) is 0.666. The molecule has 0 saturated carbocycles. The Labute approximate surface area is 148 Å². The fourth-order valence-corrected chi connectivity index (χ4v) is 5.41. The molecule has 1 heterocycles. The second kappa shape index (κ2) is 6.64. The number of nitrogens with two attached hydrogens (primary N) is 1. The summed E-state index contributed by atoms with van der Waals surface area (Å²) in [5, 5.41) is 0.686. The van der Waals surface area contributed by atoms with Gasteiger partial charge in [-0.2, -0.15) is 0 Å². The molecule has 0 aliphatic heterocycles. The zero-order valence-electron chi connectivity index (χ0n) is 13.3. The normalized spacial score (nSPS) is 13.7. The minimum atomic E-state index is -3.94. The Hall–Kier alpha value is -2.14. The van der Waals surface area contributed by atoms with E-state index in [1.54, 1.807) is 31.2 Å². The fourth-order valence-electron chi connectivity index (χ4n) is 2.76. The van der Waals surface area contributed by atoms with Crippen molar-refractivity contribution >= 4 is 46.4 Å². The third-order valence-electron chi connectivity index (χ3n) is 3.75. The standard InChI is InChI=1S/C17H15ClFN2O3P/c1-2-24-25(23,14-6-4-3-5-12(14)19)16-11-9-10(18)7-8-13(11)21-15(16)17(20)22/h3-9,21H,2H2,1H3,(H2,20,22). The molecule has 0 aliphatic carbocycles. The van der Waals surface area contributed by atoms with Crippen LogP contribution >= 0.6 is 19.0 Å². The van der Waals surface area contributed by atoms with E-state index in [0.717, 1.165) is 0 Å². The maximum atomic E-state index is 14.4. The SMILES string of the molecule is CCOP(=O)(c1ccccc1F)c1c(C(N)=O)[nH]c2ccc(Cl)cc12. The number of hydrogen-bond donors (Lipinski definition) is 2.